The zero-order valence-electron chi connectivity index (χ0n) is 19.5. The van der Waals surface area contributed by atoms with Crippen LogP contribution in [0, 0.1) is 6.92 Å². The van der Waals surface area contributed by atoms with Crippen LogP contribution in [-0.2, 0) is 17.9 Å². The Labute approximate surface area is 204 Å². The molecule has 1 heterocycles. The van der Waals surface area contributed by atoms with Crippen LogP contribution in [0.5, 0.6) is 5.75 Å². The van der Waals surface area contributed by atoms with Crippen molar-refractivity contribution in [1.29, 1.82) is 0 Å². The number of carbonyl (C=O) groups excluding carboxylic acids is 3. The summed E-state index contributed by atoms with van der Waals surface area (Å²) in [7, 11) is 0. The number of nitrogens with two attached hydrogens (primary N) is 1. The summed E-state index contributed by atoms with van der Waals surface area (Å²) < 4.78 is 5.48. The minimum Gasteiger partial charge on any atom is -0.410 e. The zero-order valence-corrected chi connectivity index (χ0v) is 19.5. The molecule has 1 atom stereocenters. The lowest BCUT2D eigenvalue weighted by atomic mass is 10.1. The standard InChI is InChI=1S/C27H28N4O4/c1-19-7-5-10-22(15-19)26(33)30-13-14-31(27(34)35-23-11-3-2-4-12-23)25(30)24(32)29-18-21-9-6-8-20(16-21)17-28/h2-12,15-16,25H,13-14,17-18,28H2,1H3,(H,29,32). The first kappa shape index (κ1) is 24.0. The van der Waals surface area contributed by atoms with Gasteiger partial charge in [-0.2, -0.15) is 0 Å². The third-order valence-electron chi connectivity index (χ3n) is 5.81. The fourth-order valence-electron chi connectivity index (χ4n) is 4.05. The van der Waals surface area contributed by atoms with Crippen molar-refractivity contribution in [2.24, 2.45) is 5.73 Å². The first-order valence-corrected chi connectivity index (χ1v) is 11.4. The molecule has 0 bridgehead atoms. The van der Waals surface area contributed by atoms with Crippen LogP contribution in [-0.4, -0.2) is 47.0 Å². The van der Waals surface area contributed by atoms with E-state index in [0.717, 1.165) is 16.7 Å². The van der Waals surface area contributed by atoms with Crippen LogP contribution in [0.1, 0.15) is 27.0 Å². The highest BCUT2D eigenvalue weighted by Gasteiger charge is 2.43. The van der Waals surface area contributed by atoms with Gasteiger partial charge in [-0.05, 0) is 42.3 Å². The van der Waals surface area contributed by atoms with Gasteiger partial charge in [-0.1, -0.05) is 60.2 Å². The molecule has 3 aromatic carbocycles. The molecule has 1 aliphatic rings. The van der Waals surface area contributed by atoms with Crippen molar-refractivity contribution in [3.63, 3.8) is 0 Å². The van der Waals surface area contributed by atoms with Gasteiger partial charge in [0.15, 0.2) is 6.17 Å². The molecule has 1 fully saturated rings. The average molecular weight is 473 g/mol. The summed E-state index contributed by atoms with van der Waals surface area (Å²) in [4.78, 5) is 42.4. The molecule has 3 aromatic rings. The number of rotatable bonds is 6. The lowest BCUT2D eigenvalue weighted by Crippen LogP contribution is -2.54. The van der Waals surface area contributed by atoms with E-state index >= 15 is 0 Å². The normalized spacial score (nSPS) is 15.1. The zero-order chi connectivity index (χ0) is 24.8. The summed E-state index contributed by atoms with van der Waals surface area (Å²) >= 11 is 0. The Bertz CT molecular complexity index is 1210. The van der Waals surface area contributed by atoms with E-state index in [1.807, 2.05) is 43.3 Å². The fraction of sp³-hybridized carbons (Fsp3) is 0.222. The van der Waals surface area contributed by atoms with Gasteiger partial charge in [0, 0.05) is 31.7 Å². The summed E-state index contributed by atoms with van der Waals surface area (Å²) in [5.74, 6) is -0.431. The van der Waals surface area contributed by atoms with Gasteiger partial charge in [0.25, 0.3) is 11.8 Å². The largest absolute Gasteiger partial charge is 0.417 e. The van der Waals surface area contributed by atoms with E-state index in [1.54, 1.807) is 42.5 Å². The van der Waals surface area contributed by atoms with Gasteiger partial charge in [-0.3, -0.25) is 14.5 Å². The highest BCUT2D eigenvalue weighted by Crippen LogP contribution is 2.21. The number of benzene rings is 3. The molecule has 0 saturated carbocycles. The number of hydrogen-bond acceptors (Lipinski definition) is 5. The maximum atomic E-state index is 13.4. The minimum atomic E-state index is -1.14. The Morgan fingerprint density at radius 2 is 1.63 bits per heavy atom. The van der Waals surface area contributed by atoms with Gasteiger partial charge >= 0.3 is 6.09 Å². The van der Waals surface area contributed by atoms with Crippen molar-refractivity contribution >= 4 is 17.9 Å². The number of hydrogen-bond donors (Lipinski definition) is 2. The average Bonchev–Trinajstić information content (AvgIpc) is 3.33. The van der Waals surface area contributed by atoms with Gasteiger partial charge < -0.3 is 20.7 Å². The van der Waals surface area contributed by atoms with Gasteiger partial charge in [-0.25, -0.2) is 4.79 Å². The Hall–Kier alpha value is -4.17. The lowest BCUT2D eigenvalue weighted by molar-refractivity contribution is -0.128. The quantitative estimate of drug-likeness (QED) is 0.574. The highest BCUT2D eigenvalue weighted by molar-refractivity contribution is 5.99. The molecule has 0 radical (unpaired) electrons. The van der Waals surface area contributed by atoms with E-state index in [-0.39, 0.29) is 25.5 Å². The third kappa shape index (κ3) is 5.67. The predicted octanol–water partition coefficient (Wildman–Crippen LogP) is 3.05. The number of aryl methyl sites for hydroxylation is 1. The van der Waals surface area contributed by atoms with Crippen molar-refractivity contribution < 1.29 is 19.1 Å². The van der Waals surface area contributed by atoms with Crippen molar-refractivity contribution in [3.8, 4) is 5.75 Å². The topological polar surface area (TPSA) is 105 Å². The second-order valence-corrected chi connectivity index (χ2v) is 8.36. The first-order valence-electron chi connectivity index (χ1n) is 11.4. The Kier molecular flexibility index (Phi) is 7.42. The molecule has 35 heavy (non-hydrogen) atoms. The molecule has 1 aliphatic heterocycles. The molecule has 1 saturated heterocycles. The number of para-hydroxylation sites is 1. The number of carbonyl (C=O) groups is 3. The second kappa shape index (κ2) is 10.8. The van der Waals surface area contributed by atoms with E-state index in [1.165, 1.54) is 9.80 Å². The Morgan fingerprint density at radius 3 is 2.37 bits per heavy atom. The maximum absolute atomic E-state index is 13.4. The Morgan fingerprint density at radius 1 is 0.914 bits per heavy atom. The van der Waals surface area contributed by atoms with E-state index in [0.29, 0.717) is 17.9 Å². The van der Waals surface area contributed by atoms with Crippen molar-refractivity contribution in [2.75, 3.05) is 13.1 Å². The molecule has 0 aliphatic carbocycles. The molecule has 1 unspecified atom stereocenters. The molecule has 180 valence electrons. The molecule has 8 heteroatoms. The van der Waals surface area contributed by atoms with E-state index in [9.17, 15) is 14.4 Å². The van der Waals surface area contributed by atoms with Gasteiger partial charge in [0.2, 0.25) is 0 Å². The maximum Gasteiger partial charge on any atom is 0.417 e. The number of nitrogens with one attached hydrogen (secondary N) is 1. The molecule has 0 spiro atoms. The molecule has 0 aromatic heterocycles. The number of ether oxygens (including phenoxy) is 1. The third-order valence-corrected chi connectivity index (χ3v) is 5.81. The van der Waals surface area contributed by atoms with Crippen LogP contribution in [0.2, 0.25) is 0 Å². The lowest BCUT2D eigenvalue weighted by Gasteiger charge is -2.28. The van der Waals surface area contributed by atoms with Crippen LogP contribution < -0.4 is 15.8 Å². The van der Waals surface area contributed by atoms with Crippen molar-refractivity contribution in [1.82, 2.24) is 15.1 Å². The molecule has 4 rings (SSSR count). The van der Waals surface area contributed by atoms with Crippen LogP contribution in [0.4, 0.5) is 4.79 Å². The fourth-order valence-corrected chi connectivity index (χ4v) is 4.05. The monoisotopic (exact) mass is 472 g/mol. The second-order valence-electron chi connectivity index (χ2n) is 8.36. The first-order chi connectivity index (χ1) is 17.0. The summed E-state index contributed by atoms with van der Waals surface area (Å²) in [5, 5.41) is 2.87. The highest BCUT2D eigenvalue weighted by atomic mass is 16.6. The predicted molar refractivity (Wildman–Crippen MR) is 131 cm³/mol. The summed E-state index contributed by atoms with van der Waals surface area (Å²) in [5.41, 5.74) is 8.92. The van der Waals surface area contributed by atoms with Crippen LogP contribution in [0.25, 0.3) is 0 Å². The SMILES string of the molecule is Cc1cccc(C(=O)N2CCN(C(=O)Oc3ccccc3)C2C(=O)NCc2cccc(CN)c2)c1. The summed E-state index contributed by atoms with van der Waals surface area (Å²) in [6, 6.07) is 23.3. The summed E-state index contributed by atoms with van der Waals surface area (Å²) in [6.07, 6.45) is -1.84. The Balaban J connectivity index is 1.56. The molecular weight excluding hydrogens is 444 g/mol. The van der Waals surface area contributed by atoms with E-state index < -0.39 is 18.2 Å². The molecule has 3 amide bonds. The minimum absolute atomic E-state index is 0.171. The molecule has 8 nitrogen and oxygen atoms in total. The van der Waals surface area contributed by atoms with E-state index in [2.05, 4.69) is 5.32 Å². The smallest absolute Gasteiger partial charge is 0.410 e. The van der Waals surface area contributed by atoms with Gasteiger partial charge in [0.1, 0.15) is 5.75 Å². The molecular formula is C27H28N4O4. The number of nitrogens with zero attached hydrogens (tertiary/aromatic N) is 2. The van der Waals surface area contributed by atoms with Crippen LogP contribution in [0.15, 0.2) is 78.9 Å². The van der Waals surface area contributed by atoms with Crippen LogP contribution >= 0.6 is 0 Å². The van der Waals surface area contributed by atoms with Gasteiger partial charge in [0.05, 0.1) is 0 Å². The molecule has 3 N–H and O–H groups in total. The summed E-state index contributed by atoms with van der Waals surface area (Å²) in [6.45, 7) is 2.89. The van der Waals surface area contributed by atoms with Gasteiger partial charge in [-0.15, -0.1) is 0 Å². The van der Waals surface area contributed by atoms with E-state index in [4.69, 9.17) is 10.5 Å². The number of amides is 3. The van der Waals surface area contributed by atoms with Crippen molar-refractivity contribution in [2.45, 2.75) is 26.2 Å². The van der Waals surface area contributed by atoms with Crippen molar-refractivity contribution in [3.05, 3.63) is 101 Å². The van der Waals surface area contributed by atoms with Crippen LogP contribution in [0.3, 0.4) is 0 Å².